The summed E-state index contributed by atoms with van der Waals surface area (Å²) in [6.45, 7) is 2.21. The van der Waals surface area contributed by atoms with Crippen LogP contribution in [0.5, 0.6) is 0 Å². The molecule has 0 spiro atoms. The third-order valence-corrected chi connectivity index (χ3v) is 2.92. The first-order valence-electron chi connectivity index (χ1n) is 4.78. The topological polar surface area (TPSA) is 17.1 Å². The minimum Gasteiger partial charge on any atom is -0.303 e. The third-order valence-electron chi connectivity index (χ3n) is 2.92. The number of rotatable bonds is 3. The van der Waals surface area contributed by atoms with Crippen LogP contribution >= 0.6 is 0 Å². The zero-order valence-corrected chi connectivity index (χ0v) is 7.38. The molecule has 0 radical (unpaired) electrons. The maximum absolute atomic E-state index is 10.3. The van der Waals surface area contributed by atoms with E-state index in [4.69, 9.17) is 0 Å². The van der Waals surface area contributed by atoms with E-state index in [1.807, 2.05) is 0 Å². The van der Waals surface area contributed by atoms with Crippen molar-refractivity contribution in [1.82, 2.24) is 0 Å². The average Bonchev–Trinajstić information content (AvgIpc) is 2.07. The van der Waals surface area contributed by atoms with Crippen LogP contribution in [0.3, 0.4) is 0 Å². The largest absolute Gasteiger partial charge is 0.303 e. The zero-order chi connectivity index (χ0) is 8.10. The van der Waals surface area contributed by atoms with Crippen LogP contribution in [0, 0.1) is 11.8 Å². The fourth-order valence-electron chi connectivity index (χ4n) is 2.05. The van der Waals surface area contributed by atoms with Crippen molar-refractivity contribution in [3.05, 3.63) is 0 Å². The lowest BCUT2D eigenvalue weighted by molar-refractivity contribution is -0.108. The first-order valence-corrected chi connectivity index (χ1v) is 4.78. The van der Waals surface area contributed by atoms with Crippen LogP contribution in [0.2, 0.25) is 0 Å². The normalized spacial score (nSPS) is 23.0. The van der Waals surface area contributed by atoms with Gasteiger partial charge in [0.05, 0.1) is 0 Å². The highest BCUT2D eigenvalue weighted by Crippen LogP contribution is 2.30. The predicted octanol–water partition coefficient (Wildman–Crippen LogP) is 2.79. The van der Waals surface area contributed by atoms with Crippen molar-refractivity contribution >= 4 is 6.29 Å². The molecule has 1 aliphatic rings. The van der Waals surface area contributed by atoms with Gasteiger partial charge in [-0.15, -0.1) is 0 Å². The van der Waals surface area contributed by atoms with E-state index in [-0.39, 0.29) is 0 Å². The number of carbonyl (C=O) groups is 1. The molecule has 0 N–H and O–H groups in total. The fraction of sp³-hybridized carbons (Fsp3) is 0.900. The summed E-state index contributed by atoms with van der Waals surface area (Å²) in [5.41, 5.74) is 0. The number of aldehydes is 1. The Labute approximate surface area is 69.2 Å². The molecule has 64 valence electrons. The Morgan fingerprint density at radius 3 is 2.55 bits per heavy atom. The summed E-state index contributed by atoms with van der Waals surface area (Å²) in [6, 6.07) is 0. The number of hydrogen-bond donors (Lipinski definition) is 0. The molecule has 11 heavy (non-hydrogen) atoms. The van der Waals surface area contributed by atoms with Gasteiger partial charge in [-0.25, -0.2) is 0 Å². The molecule has 0 heterocycles. The molecule has 1 rings (SSSR count). The molecule has 0 aliphatic heterocycles. The van der Waals surface area contributed by atoms with Gasteiger partial charge >= 0.3 is 0 Å². The molecule has 0 aromatic carbocycles. The monoisotopic (exact) mass is 154 g/mol. The van der Waals surface area contributed by atoms with E-state index in [0.29, 0.717) is 5.92 Å². The van der Waals surface area contributed by atoms with Gasteiger partial charge in [0.1, 0.15) is 6.29 Å². The third kappa shape index (κ3) is 2.64. The van der Waals surface area contributed by atoms with Gasteiger partial charge in [-0.05, 0) is 11.8 Å². The van der Waals surface area contributed by atoms with Crippen LogP contribution < -0.4 is 0 Å². The minimum absolute atomic E-state index is 0.632. The highest BCUT2D eigenvalue weighted by atomic mass is 16.1. The van der Waals surface area contributed by atoms with E-state index >= 15 is 0 Å². The molecular formula is C10H18O. The van der Waals surface area contributed by atoms with E-state index in [0.717, 1.165) is 18.6 Å². The average molecular weight is 154 g/mol. The maximum Gasteiger partial charge on any atom is 0.120 e. The molecule has 1 saturated carbocycles. The van der Waals surface area contributed by atoms with Crippen LogP contribution in [0.15, 0.2) is 0 Å². The van der Waals surface area contributed by atoms with E-state index in [9.17, 15) is 4.79 Å². The zero-order valence-electron chi connectivity index (χ0n) is 7.38. The molecule has 1 atom stereocenters. The lowest BCUT2D eigenvalue weighted by atomic mass is 9.80. The second-order valence-electron chi connectivity index (χ2n) is 3.78. The molecule has 1 aliphatic carbocycles. The highest BCUT2D eigenvalue weighted by molar-refractivity contribution is 5.49. The van der Waals surface area contributed by atoms with Crippen molar-refractivity contribution in [2.24, 2.45) is 11.8 Å². The summed E-state index contributed by atoms with van der Waals surface area (Å²) >= 11 is 0. The Morgan fingerprint density at radius 1 is 1.36 bits per heavy atom. The Hall–Kier alpha value is -0.330. The standard InChI is InChI=1S/C10H18O/c1-9(7-8-11)10-5-3-2-4-6-10/h8-10H,2-7H2,1H3/t9-/m1/s1. The molecular weight excluding hydrogens is 136 g/mol. The van der Waals surface area contributed by atoms with E-state index in [1.165, 1.54) is 32.1 Å². The highest BCUT2D eigenvalue weighted by Gasteiger charge is 2.18. The predicted molar refractivity (Wildman–Crippen MR) is 46.4 cm³/mol. The van der Waals surface area contributed by atoms with Crippen molar-refractivity contribution < 1.29 is 4.79 Å². The second kappa shape index (κ2) is 4.53. The quantitative estimate of drug-likeness (QED) is 0.571. The van der Waals surface area contributed by atoms with Gasteiger partial charge < -0.3 is 4.79 Å². The second-order valence-corrected chi connectivity index (χ2v) is 3.78. The van der Waals surface area contributed by atoms with Gasteiger partial charge in [-0.3, -0.25) is 0 Å². The molecule has 1 fully saturated rings. The molecule has 0 unspecified atom stereocenters. The van der Waals surface area contributed by atoms with Gasteiger partial charge in [-0.1, -0.05) is 39.0 Å². The molecule has 1 nitrogen and oxygen atoms in total. The molecule has 0 bridgehead atoms. The summed E-state index contributed by atoms with van der Waals surface area (Å²) < 4.78 is 0. The SMILES string of the molecule is C[C@H](CC=O)C1CCCCC1. The lowest BCUT2D eigenvalue weighted by Gasteiger charge is -2.26. The molecule has 1 heteroatoms. The maximum atomic E-state index is 10.3. The summed E-state index contributed by atoms with van der Waals surface area (Å²) in [4.78, 5) is 10.3. The Balaban J connectivity index is 2.26. The minimum atomic E-state index is 0.632. The summed E-state index contributed by atoms with van der Waals surface area (Å²) in [7, 11) is 0. The lowest BCUT2D eigenvalue weighted by Crippen LogP contribution is -2.15. The molecule has 0 aromatic rings. The Bertz CT molecular complexity index is 114. The van der Waals surface area contributed by atoms with Gasteiger partial charge in [0.25, 0.3) is 0 Å². The van der Waals surface area contributed by atoms with Crippen LogP contribution in [-0.4, -0.2) is 6.29 Å². The van der Waals surface area contributed by atoms with Crippen LogP contribution in [0.1, 0.15) is 45.4 Å². The Morgan fingerprint density at radius 2 is 2.00 bits per heavy atom. The summed E-state index contributed by atoms with van der Waals surface area (Å²) in [5, 5.41) is 0. The summed E-state index contributed by atoms with van der Waals surface area (Å²) in [6.07, 6.45) is 8.72. The first kappa shape index (κ1) is 8.76. The molecule has 0 aromatic heterocycles. The number of hydrogen-bond acceptors (Lipinski definition) is 1. The van der Waals surface area contributed by atoms with Crippen molar-refractivity contribution in [2.45, 2.75) is 45.4 Å². The van der Waals surface area contributed by atoms with Gasteiger partial charge in [0.2, 0.25) is 0 Å². The van der Waals surface area contributed by atoms with Gasteiger partial charge in [0.15, 0.2) is 0 Å². The molecule has 0 amide bonds. The van der Waals surface area contributed by atoms with Crippen LogP contribution in [0.4, 0.5) is 0 Å². The van der Waals surface area contributed by atoms with Crippen molar-refractivity contribution in [3.63, 3.8) is 0 Å². The van der Waals surface area contributed by atoms with Crippen LogP contribution in [-0.2, 0) is 4.79 Å². The van der Waals surface area contributed by atoms with Gasteiger partial charge in [0, 0.05) is 6.42 Å². The van der Waals surface area contributed by atoms with Crippen molar-refractivity contribution in [1.29, 1.82) is 0 Å². The smallest absolute Gasteiger partial charge is 0.120 e. The molecule has 0 saturated heterocycles. The van der Waals surface area contributed by atoms with Crippen molar-refractivity contribution in [2.75, 3.05) is 0 Å². The number of carbonyl (C=O) groups excluding carboxylic acids is 1. The van der Waals surface area contributed by atoms with E-state index in [2.05, 4.69) is 6.92 Å². The first-order chi connectivity index (χ1) is 5.34. The Kier molecular flexibility index (Phi) is 3.61. The van der Waals surface area contributed by atoms with Crippen LogP contribution in [0.25, 0.3) is 0 Å². The van der Waals surface area contributed by atoms with Gasteiger partial charge in [-0.2, -0.15) is 0 Å². The van der Waals surface area contributed by atoms with E-state index < -0.39 is 0 Å². The van der Waals surface area contributed by atoms with E-state index in [1.54, 1.807) is 0 Å². The van der Waals surface area contributed by atoms with Crippen molar-refractivity contribution in [3.8, 4) is 0 Å². The fourth-order valence-corrected chi connectivity index (χ4v) is 2.05. The summed E-state index contributed by atoms with van der Waals surface area (Å²) in [5.74, 6) is 1.47.